The third-order valence-corrected chi connectivity index (χ3v) is 5.05. The Labute approximate surface area is 181 Å². The molecule has 0 aromatic heterocycles. The number of carbonyl (C=O) groups is 2. The molecule has 3 aromatic rings. The van der Waals surface area contributed by atoms with Crippen LogP contribution in [0.1, 0.15) is 6.42 Å². The molecule has 0 radical (unpaired) electrons. The molecule has 1 heterocycles. The van der Waals surface area contributed by atoms with Crippen LogP contribution in [0.4, 0.5) is 27.5 Å². The van der Waals surface area contributed by atoms with Crippen molar-refractivity contribution in [3.05, 3.63) is 78.9 Å². The maximum atomic E-state index is 12.4. The van der Waals surface area contributed by atoms with Crippen molar-refractivity contribution in [2.45, 2.75) is 12.5 Å². The van der Waals surface area contributed by atoms with Gasteiger partial charge < -0.3 is 25.6 Å². The Morgan fingerprint density at radius 2 is 1.55 bits per heavy atom. The van der Waals surface area contributed by atoms with Crippen LogP contribution in [0.3, 0.4) is 0 Å². The van der Waals surface area contributed by atoms with E-state index >= 15 is 0 Å². The Morgan fingerprint density at radius 1 is 0.903 bits per heavy atom. The molecule has 0 saturated carbocycles. The molecule has 7 heteroatoms. The summed E-state index contributed by atoms with van der Waals surface area (Å²) in [5.41, 5.74) is 3.38. The largest absolute Gasteiger partial charge is 0.497 e. The summed E-state index contributed by atoms with van der Waals surface area (Å²) in [5, 5.41) is 9.00. The normalized spacial score (nSPS) is 15.5. The van der Waals surface area contributed by atoms with Crippen molar-refractivity contribution in [3.8, 4) is 5.75 Å². The highest BCUT2D eigenvalue weighted by Crippen LogP contribution is 2.24. The zero-order chi connectivity index (χ0) is 21.6. The van der Waals surface area contributed by atoms with E-state index in [1.54, 1.807) is 12.0 Å². The first-order chi connectivity index (χ1) is 15.1. The zero-order valence-corrected chi connectivity index (χ0v) is 17.2. The zero-order valence-electron chi connectivity index (χ0n) is 17.2. The molecule has 0 unspecified atom stereocenters. The standard InChI is InChI=1S/C24H24N4O3/c1-31-22-13-11-21(12-14-22)28-16-20(15-23(28)29)27-24(30)26-19-9-7-18(8-10-19)25-17-5-3-2-4-6-17/h2-14,20,25H,15-16H2,1H3,(H2,26,27,30)/t20-/m1/s1. The molecular weight excluding hydrogens is 392 g/mol. The van der Waals surface area contributed by atoms with E-state index < -0.39 is 0 Å². The van der Waals surface area contributed by atoms with Gasteiger partial charge in [0, 0.05) is 35.7 Å². The third-order valence-electron chi connectivity index (χ3n) is 5.05. The van der Waals surface area contributed by atoms with Crippen LogP contribution in [0, 0.1) is 0 Å². The minimum Gasteiger partial charge on any atom is -0.497 e. The molecule has 4 rings (SSSR count). The van der Waals surface area contributed by atoms with Crippen molar-refractivity contribution in [3.63, 3.8) is 0 Å². The van der Waals surface area contributed by atoms with Crippen molar-refractivity contribution in [1.29, 1.82) is 0 Å². The minimum absolute atomic E-state index is 0.0215. The van der Waals surface area contributed by atoms with Crippen LogP contribution in [0.5, 0.6) is 5.75 Å². The summed E-state index contributed by atoms with van der Waals surface area (Å²) in [6, 6.07) is 24.0. The average Bonchev–Trinajstić information content (AvgIpc) is 3.15. The number of nitrogens with one attached hydrogen (secondary N) is 3. The molecule has 158 valence electrons. The highest BCUT2D eigenvalue weighted by molar-refractivity contribution is 5.97. The lowest BCUT2D eigenvalue weighted by atomic mass is 10.2. The number of rotatable bonds is 6. The Kier molecular flexibility index (Phi) is 6.03. The summed E-state index contributed by atoms with van der Waals surface area (Å²) in [4.78, 5) is 26.5. The van der Waals surface area contributed by atoms with Crippen molar-refractivity contribution in [2.75, 3.05) is 29.2 Å². The fourth-order valence-electron chi connectivity index (χ4n) is 3.49. The number of anilines is 4. The molecule has 1 fully saturated rings. The third kappa shape index (κ3) is 5.14. The second-order valence-electron chi connectivity index (χ2n) is 7.27. The highest BCUT2D eigenvalue weighted by Gasteiger charge is 2.31. The van der Waals surface area contributed by atoms with Crippen molar-refractivity contribution in [1.82, 2.24) is 5.32 Å². The molecule has 0 spiro atoms. The number of para-hydroxylation sites is 1. The summed E-state index contributed by atoms with van der Waals surface area (Å²) in [7, 11) is 1.60. The topological polar surface area (TPSA) is 82.7 Å². The van der Waals surface area contributed by atoms with Gasteiger partial charge in [0.15, 0.2) is 0 Å². The van der Waals surface area contributed by atoms with Crippen LogP contribution in [0.2, 0.25) is 0 Å². The first kappa shape index (κ1) is 20.3. The quantitative estimate of drug-likeness (QED) is 0.557. The van der Waals surface area contributed by atoms with Gasteiger partial charge in [-0.2, -0.15) is 0 Å². The molecular formula is C24H24N4O3. The van der Waals surface area contributed by atoms with Gasteiger partial charge in [0.2, 0.25) is 5.91 Å². The monoisotopic (exact) mass is 416 g/mol. The SMILES string of the molecule is COc1ccc(N2C[C@H](NC(=O)Nc3ccc(Nc4ccccc4)cc3)CC2=O)cc1. The Hall–Kier alpha value is -4.00. The van der Waals surface area contributed by atoms with E-state index in [1.807, 2.05) is 78.9 Å². The van der Waals surface area contributed by atoms with Gasteiger partial charge in [-0.3, -0.25) is 4.79 Å². The number of nitrogens with zero attached hydrogens (tertiary/aromatic N) is 1. The van der Waals surface area contributed by atoms with Gasteiger partial charge in [-0.1, -0.05) is 18.2 Å². The van der Waals surface area contributed by atoms with E-state index in [4.69, 9.17) is 4.74 Å². The molecule has 7 nitrogen and oxygen atoms in total. The summed E-state index contributed by atoms with van der Waals surface area (Å²) in [5.74, 6) is 0.709. The Morgan fingerprint density at radius 3 is 2.23 bits per heavy atom. The number of benzene rings is 3. The number of hydrogen-bond donors (Lipinski definition) is 3. The average molecular weight is 416 g/mol. The van der Waals surface area contributed by atoms with Gasteiger partial charge in [0.1, 0.15) is 5.75 Å². The van der Waals surface area contributed by atoms with Crippen LogP contribution in [0.15, 0.2) is 78.9 Å². The number of hydrogen-bond acceptors (Lipinski definition) is 4. The van der Waals surface area contributed by atoms with Crippen LogP contribution in [-0.2, 0) is 4.79 Å². The number of carbonyl (C=O) groups excluding carboxylic acids is 2. The van der Waals surface area contributed by atoms with E-state index in [0.717, 1.165) is 22.8 Å². The molecule has 0 bridgehead atoms. The van der Waals surface area contributed by atoms with E-state index in [2.05, 4.69) is 16.0 Å². The fraction of sp³-hybridized carbons (Fsp3) is 0.167. The summed E-state index contributed by atoms with van der Waals surface area (Å²) in [6.45, 7) is 0.429. The lowest BCUT2D eigenvalue weighted by Crippen LogP contribution is -2.39. The van der Waals surface area contributed by atoms with Crippen molar-refractivity contribution in [2.24, 2.45) is 0 Å². The summed E-state index contributed by atoms with van der Waals surface area (Å²) >= 11 is 0. The van der Waals surface area contributed by atoms with Gasteiger partial charge >= 0.3 is 6.03 Å². The molecule has 1 saturated heterocycles. The molecule has 0 aliphatic carbocycles. The minimum atomic E-state index is -0.335. The number of ether oxygens (including phenoxy) is 1. The van der Waals surface area contributed by atoms with E-state index in [1.165, 1.54) is 0 Å². The smallest absolute Gasteiger partial charge is 0.319 e. The lowest BCUT2D eigenvalue weighted by molar-refractivity contribution is -0.117. The number of methoxy groups -OCH3 is 1. The second-order valence-corrected chi connectivity index (χ2v) is 7.27. The van der Waals surface area contributed by atoms with Gasteiger partial charge in [0.25, 0.3) is 0 Å². The molecule has 3 amide bonds. The molecule has 3 aromatic carbocycles. The van der Waals surface area contributed by atoms with Crippen LogP contribution in [0.25, 0.3) is 0 Å². The first-order valence-electron chi connectivity index (χ1n) is 10.0. The summed E-state index contributed by atoms with van der Waals surface area (Å²) in [6.07, 6.45) is 0.263. The predicted molar refractivity (Wildman–Crippen MR) is 122 cm³/mol. The molecule has 1 aliphatic heterocycles. The molecule has 3 N–H and O–H groups in total. The van der Waals surface area contributed by atoms with Crippen molar-refractivity contribution >= 4 is 34.7 Å². The van der Waals surface area contributed by atoms with E-state index in [9.17, 15) is 9.59 Å². The van der Waals surface area contributed by atoms with E-state index in [0.29, 0.717) is 12.2 Å². The second kappa shape index (κ2) is 9.21. The maximum absolute atomic E-state index is 12.4. The maximum Gasteiger partial charge on any atom is 0.319 e. The van der Waals surface area contributed by atoms with Crippen LogP contribution < -0.4 is 25.6 Å². The first-order valence-corrected chi connectivity index (χ1v) is 10.0. The summed E-state index contributed by atoms with van der Waals surface area (Å²) < 4.78 is 5.15. The number of amides is 3. The molecule has 1 aliphatic rings. The molecule has 31 heavy (non-hydrogen) atoms. The fourth-order valence-corrected chi connectivity index (χ4v) is 3.49. The lowest BCUT2D eigenvalue weighted by Gasteiger charge is -2.18. The van der Waals surface area contributed by atoms with Crippen molar-refractivity contribution < 1.29 is 14.3 Å². The van der Waals surface area contributed by atoms with Gasteiger partial charge in [-0.25, -0.2) is 4.79 Å². The highest BCUT2D eigenvalue weighted by atomic mass is 16.5. The number of urea groups is 1. The van der Waals surface area contributed by atoms with Crippen LogP contribution >= 0.6 is 0 Å². The Balaban J connectivity index is 1.30. The van der Waals surface area contributed by atoms with E-state index in [-0.39, 0.29) is 24.4 Å². The molecule has 1 atom stereocenters. The Bertz CT molecular complexity index is 1040. The van der Waals surface area contributed by atoms with Crippen LogP contribution in [-0.4, -0.2) is 31.6 Å². The van der Waals surface area contributed by atoms with Gasteiger partial charge in [-0.15, -0.1) is 0 Å². The van der Waals surface area contributed by atoms with Gasteiger partial charge in [-0.05, 0) is 60.7 Å². The van der Waals surface area contributed by atoms with Gasteiger partial charge in [0.05, 0.1) is 13.2 Å². The predicted octanol–water partition coefficient (Wildman–Crippen LogP) is 4.37.